The number of hydrogen-bond acceptors (Lipinski definition) is 3. The van der Waals surface area contributed by atoms with Crippen molar-refractivity contribution in [1.29, 1.82) is 0 Å². The molecule has 1 atom stereocenters. The van der Waals surface area contributed by atoms with E-state index in [2.05, 4.69) is 15.9 Å². The van der Waals surface area contributed by atoms with E-state index in [-0.39, 0.29) is 11.4 Å². The van der Waals surface area contributed by atoms with Gasteiger partial charge in [0, 0.05) is 4.48 Å². The Morgan fingerprint density at radius 2 is 1.55 bits per heavy atom. The van der Waals surface area contributed by atoms with Crippen LogP contribution in [0.15, 0.2) is 93.6 Å². The lowest BCUT2D eigenvalue weighted by molar-refractivity contribution is 0.592. The largest absolute Gasteiger partial charge is 0.264 e. The van der Waals surface area contributed by atoms with Crippen molar-refractivity contribution in [2.75, 3.05) is 10.8 Å². The van der Waals surface area contributed by atoms with Crippen molar-refractivity contribution in [2.45, 2.75) is 16.7 Å². The fourth-order valence-electron chi connectivity index (χ4n) is 3.18. The average Bonchev–Trinajstić information content (AvgIpc) is 2.74. The number of anilines is 1. The molecule has 0 bridgehead atoms. The fourth-order valence-corrected chi connectivity index (χ4v) is 6.96. The van der Waals surface area contributed by atoms with E-state index < -0.39 is 20.8 Å². The molecule has 0 amide bonds. The Hall–Kier alpha value is -2.22. The third kappa shape index (κ3) is 3.70. The van der Waals surface area contributed by atoms with Crippen molar-refractivity contribution >= 4 is 46.9 Å². The van der Waals surface area contributed by atoms with E-state index in [1.165, 1.54) is 4.31 Å². The van der Waals surface area contributed by atoms with Gasteiger partial charge in [0.15, 0.2) is 0 Å². The molecule has 1 heterocycles. The normalized spacial score (nSPS) is 18.3. The lowest BCUT2D eigenvalue weighted by Gasteiger charge is -2.32. The molecule has 0 saturated heterocycles. The van der Waals surface area contributed by atoms with Gasteiger partial charge in [-0.1, -0.05) is 60.2 Å². The predicted octanol–water partition coefficient (Wildman–Crippen LogP) is 5.08. The summed E-state index contributed by atoms with van der Waals surface area (Å²) in [6.45, 7) is 1.92. The lowest BCUT2D eigenvalue weighted by atomic mass is 10.2. The van der Waals surface area contributed by atoms with E-state index in [1.807, 2.05) is 37.3 Å². The topological polar surface area (TPSA) is 54.5 Å². The number of benzene rings is 3. The molecule has 0 aliphatic carbocycles. The number of para-hydroxylation sites is 1. The number of hydrogen-bond donors (Lipinski definition) is 0. The van der Waals surface area contributed by atoms with Gasteiger partial charge in [-0.3, -0.25) is 4.31 Å². The van der Waals surface area contributed by atoms with Crippen LogP contribution in [0.4, 0.5) is 5.69 Å². The Kier molecular flexibility index (Phi) is 5.46. The quantitative estimate of drug-likeness (QED) is 0.517. The van der Waals surface area contributed by atoms with Crippen LogP contribution >= 0.6 is 15.9 Å². The summed E-state index contributed by atoms with van der Waals surface area (Å²) in [4.78, 5) is 1.21. The maximum Gasteiger partial charge on any atom is 0.264 e. The Balaban J connectivity index is 1.89. The van der Waals surface area contributed by atoms with Crippen molar-refractivity contribution in [3.63, 3.8) is 0 Å². The lowest BCUT2D eigenvalue weighted by Crippen LogP contribution is -2.37. The zero-order valence-electron chi connectivity index (χ0n) is 15.6. The second-order valence-corrected chi connectivity index (χ2v) is 10.8. The van der Waals surface area contributed by atoms with Gasteiger partial charge in [0.25, 0.3) is 10.0 Å². The van der Waals surface area contributed by atoms with Crippen LogP contribution in [0.1, 0.15) is 11.1 Å². The Morgan fingerprint density at radius 1 is 0.931 bits per heavy atom. The molecule has 0 unspecified atom stereocenters. The first kappa shape index (κ1) is 20.1. The maximum absolute atomic E-state index is 13.5. The number of sulfonamides is 1. The highest BCUT2D eigenvalue weighted by Crippen LogP contribution is 2.40. The minimum Gasteiger partial charge on any atom is -0.260 e. The van der Waals surface area contributed by atoms with Gasteiger partial charge in [0.1, 0.15) is 0 Å². The Morgan fingerprint density at radius 3 is 2.24 bits per heavy atom. The number of rotatable bonds is 3. The summed E-state index contributed by atoms with van der Waals surface area (Å²) >= 11 is 3.56. The van der Waals surface area contributed by atoms with Gasteiger partial charge in [-0.15, -0.1) is 0 Å². The van der Waals surface area contributed by atoms with E-state index in [1.54, 1.807) is 48.5 Å². The van der Waals surface area contributed by atoms with Crippen LogP contribution in [0.5, 0.6) is 0 Å². The summed E-state index contributed by atoms with van der Waals surface area (Å²) < 4.78 is 42.2. The fraction of sp³-hybridized carbons (Fsp3) is 0.0909. The molecule has 29 heavy (non-hydrogen) atoms. The summed E-state index contributed by atoms with van der Waals surface area (Å²) in [5.41, 5.74) is 2.28. The van der Waals surface area contributed by atoms with Crippen LogP contribution in [-0.4, -0.2) is 19.2 Å². The number of nitrogens with zero attached hydrogens (tertiary/aromatic N) is 1. The van der Waals surface area contributed by atoms with E-state index >= 15 is 0 Å². The summed E-state index contributed by atoms with van der Waals surface area (Å²) in [5, 5.41) is 0. The summed E-state index contributed by atoms with van der Waals surface area (Å²) in [6.07, 6.45) is 0. The summed E-state index contributed by atoms with van der Waals surface area (Å²) in [7, 11) is -5.29. The van der Waals surface area contributed by atoms with Crippen LogP contribution in [-0.2, 0) is 20.8 Å². The van der Waals surface area contributed by atoms with Crippen LogP contribution < -0.4 is 4.31 Å². The van der Waals surface area contributed by atoms with Gasteiger partial charge in [0.2, 0.25) is 0 Å². The molecule has 0 saturated carbocycles. The third-order valence-electron chi connectivity index (χ3n) is 4.73. The SMILES string of the molecule is Cc1ccc(S(=O)(=O)N2C/C(=C(\Br)c3ccccc3)[S@](=O)c3ccccc32)cc1. The molecular formula is C22H18BrNO3S2. The minimum atomic E-state index is -3.82. The van der Waals surface area contributed by atoms with Crippen LogP contribution in [0, 0.1) is 6.92 Å². The first-order valence-corrected chi connectivity index (χ1v) is 12.3. The average molecular weight is 488 g/mol. The molecule has 7 heteroatoms. The van der Waals surface area contributed by atoms with Crippen molar-refractivity contribution in [1.82, 2.24) is 0 Å². The van der Waals surface area contributed by atoms with Gasteiger partial charge in [-0.25, -0.2) is 12.6 Å². The molecule has 4 rings (SSSR count). The van der Waals surface area contributed by atoms with Crippen molar-refractivity contribution < 1.29 is 12.6 Å². The highest BCUT2D eigenvalue weighted by molar-refractivity contribution is 9.15. The molecule has 0 aromatic heterocycles. The van der Waals surface area contributed by atoms with Crippen molar-refractivity contribution in [2.24, 2.45) is 0 Å². The Bertz CT molecular complexity index is 1220. The van der Waals surface area contributed by atoms with Crippen LogP contribution in [0.2, 0.25) is 0 Å². The minimum absolute atomic E-state index is 0.00924. The molecular weight excluding hydrogens is 470 g/mol. The molecule has 1 aliphatic rings. The zero-order chi connectivity index (χ0) is 20.6. The van der Waals surface area contributed by atoms with Gasteiger partial charge < -0.3 is 0 Å². The monoisotopic (exact) mass is 487 g/mol. The number of aryl methyl sites for hydroxylation is 1. The summed E-state index contributed by atoms with van der Waals surface area (Å²) in [6, 6.07) is 23.2. The van der Waals surface area contributed by atoms with Gasteiger partial charge in [0.05, 0.1) is 37.7 Å². The molecule has 148 valence electrons. The van der Waals surface area contributed by atoms with Crippen LogP contribution in [0.3, 0.4) is 0 Å². The first-order valence-electron chi connectivity index (χ1n) is 8.94. The molecule has 0 spiro atoms. The van der Waals surface area contributed by atoms with Gasteiger partial charge in [-0.2, -0.15) is 0 Å². The zero-order valence-corrected chi connectivity index (χ0v) is 18.8. The molecule has 4 nitrogen and oxygen atoms in total. The second kappa shape index (κ2) is 7.89. The molecule has 0 N–H and O–H groups in total. The molecule has 3 aromatic rings. The third-order valence-corrected chi connectivity index (χ3v) is 9.22. The smallest absolute Gasteiger partial charge is 0.260 e. The molecule has 0 fully saturated rings. The summed E-state index contributed by atoms with van der Waals surface area (Å²) in [5.74, 6) is 0. The second-order valence-electron chi connectivity index (χ2n) is 6.66. The maximum atomic E-state index is 13.5. The Labute approximate surface area is 181 Å². The van der Waals surface area contributed by atoms with E-state index in [4.69, 9.17) is 0 Å². The predicted molar refractivity (Wildman–Crippen MR) is 121 cm³/mol. The highest BCUT2D eigenvalue weighted by Gasteiger charge is 2.35. The van der Waals surface area contributed by atoms with Gasteiger partial charge in [-0.05, 0) is 52.7 Å². The van der Waals surface area contributed by atoms with Crippen molar-refractivity contribution in [3.8, 4) is 0 Å². The highest BCUT2D eigenvalue weighted by atomic mass is 79.9. The van der Waals surface area contributed by atoms with Crippen molar-refractivity contribution in [3.05, 3.63) is 94.9 Å². The standard InChI is InChI=1S/C22H18BrNO3S2/c1-16-11-13-18(14-12-16)29(26,27)24-15-21(22(23)17-7-3-2-4-8-17)28(25)20-10-6-5-9-19(20)24/h2-14H,15H2,1H3/b22-21+/t28-/m1/s1. The molecule has 0 radical (unpaired) electrons. The molecule has 1 aliphatic heterocycles. The van der Waals surface area contributed by atoms with E-state index in [0.29, 0.717) is 20.0 Å². The number of halogens is 1. The van der Waals surface area contributed by atoms with Gasteiger partial charge >= 0.3 is 0 Å². The van der Waals surface area contributed by atoms with E-state index in [9.17, 15) is 12.6 Å². The van der Waals surface area contributed by atoms with Crippen LogP contribution in [0.25, 0.3) is 4.48 Å². The first-order chi connectivity index (χ1) is 13.9. The van der Waals surface area contributed by atoms with E-state index in [0.717, 1.165) is 11.1 Å². The molecule has 3 aromatic carbocycles. The number of fused-ring (bicyclic) bond motifs is 1.